The predicted octanol–water partition coefficient (Wildman–Crippen LogP) is 5.16. The lowest BCUT2D eigenvalue weighted by atomic mass is 10.1. The number of benzene rings is 3. The van der Waals surface area contributed by atoms with Crippen LogP contribution in [0.3, 0.4) is 0 Å². The van der Waals surface area contributed by atoms with Gasteiger partial charge in [0.05, 0.1) is 30.1 Å². The first-order valence-corrected chi connectivity index (χ1v) is 10.9. The van der Waals surface area contributed by atoms with E-state index < -0.39 is 0 Å². The third kappa shape index (κ3) is 3.78. The number of nitrogens with one attached hydrogen (secondary N) is 1. The summed E-state index contributed by atoms with van der Waals surface area (Å²) in [5.41, 5.74) is 4.57. The monoisotopic (exact) mass is 443 g/mol. The van der Waals surface area contributed by atoms with Crippen LogP contribution in [-0.4, -0.2) is 29.5 Å². The summed E-state index contributed by atoms with van der Waals surface area (Å²) in [4.78, 5) is 18.4. The molecule has 2 aromatic heterocycles. The summed E-state index contributed by atoms with van der Waals surface area (Å²) in [5.74, 6) is 1.48. The number of thiazole rings is 1. The van der Waals surface area contributed by atoms with Crippen molar-refractivity contribution in [3.63, 3.8) is 0 Å². The third-order valence-electron chi connectivity index (χ3n) is 5.33. The van der Waals surface area contributed by atoms with Crippen LogP contribution < -0.4 is 14.8 Å². The number of imidazole rings is 1. The molecule has 0 fully saturated rings. The number of methoxy groups -OCH3 is 2. The molecule has 0 saturated heterocycles. The molecule has 3 aromatic carbocycles. The smallest absolute Gasteiger partial charge is 0.251 e. The van der Waals surface area contributed by atoms with Crippen molar-refractivity contribution in [3.05, 3.63) is 84.1 Å². The third-order valence-corrected chi connectivity index (χ3v) is 6.35. The quantitative estimate of drug-likeness (QED) is 0.394. The van der Waals surface area contributed by atoms with Crippen molar-refractivity contribution in [2.75, 3.05) is 14.2 Å². The first kappa shape index (κ1) is 20.1. The first-order chi connectivity index (χ1) is 15.6. The van der Waals surface area contributed by atoms with Gasteiger partial charge in [0.25, 0.3) is 5.91 Å². The maximum atomic E-state index is 12.7. The van der Waals surface area contributed by atoms with Gasteiger partial charge >= 0.3 is 0 Å². The Morgan fingerprint density at radius 2 is 1.81 bits per heavy atom. The molecular weight excluding hydrogens is 422 g/mol. The van der Waals surface area contributed by atoms with E-state index in [9.17, 15) is 4.79 Å². The van der Waals surface area contributed by atoms with E-state index in [0.717, 1.165) is 43.5 Å². The van der Waals surface area contributed by atoms with E-state index in [1.54, 1.807) is 25.6 Å². The van der Waals surface area contributed by atoms with Crippen LogP contribution in [0.5, 0.6) is 11.5 Å². The van der Waals surface area contributed by atoms with E-state index in [2.05, 4.69) is 9.72 Å². The summed E-state index contributed by atoms with van der Waals surface area (Å²) >= 11 is 1.57. The first-order valence-electron chi connectivity index (χ1n) is 10.1. The molecule has 0 aliphatic heterocycles. The van der Waals surface area contributed by atoms with Crippen molar-refractivity contribution in [2.24, 2.45) is 0 Å². The van der Waals surface area contributed by atoms with Crippen LogP contribution in [0.1, 0.15) is 15.9 Å². The van der Waals surface area contributed by atoms with Gasteiger partial charge in [0.2, 0.25) is 0 Å². The average Bonchev–Trinajstić information content (AvgIpc) is 3.40. The number of carbonyl (C=O) groups excluding carboxylic acids is 1. The lowest BCUT2D eigenvalue weighted by Crippen LogP contribution is -2.22. The van der Waals surface area contributed by atoms with E-state index in [1.165, 1.54) is 0 Å². The number of nitrogens with zero attached hydrogens (tertiary/aromatic N) is 2. The van der Waals surface area contributed by atoms with Gasteiger partial charge in [-0.1, -0.05) is 23.5 Å². The Morgan fingerprint density at radius 1 is 1.00 bits per heavy atom. The van der Waals surface area contributed by atoms with Gasteiger partial charge < -0.3 is 14.8 Å². The largest absolute Gasteiger partial charge is 0.497 e. The summed E-state index contributed by atoms with van der Waals surface area (Å²) < 4.78 is 13.5. The molecule has 0 unspecified atom stereocenters. The van der Waals surface area contributed by atoms with Crippen LogP contribution in [0.2, 0.25) is 0 Å². The fraction of sp³-hybridized carbons (Fsp3) is 0.120. The Labute approximate surface area is 189 Å². The summed E-state index contributed by atoms with van der Waals surface area (Å²) in [6, 6.07) is 21.3. The molecule has 32 heavy (non-hydrogen) atoms. The van der Waals surface area contributed by atoms with Crippen LogP contribution in [0, 0.1) is 0 Å². The Hall–Kier alpha value is -3.84. The molecule has 1 N–H and O–H groups in total. The van der Waals surface area contributed by atoms with E-state index in [0.29, 0.717) is 12.1 Å². The number of amides is 1. The maximum absolute atomic E-state index is 12.7. The number of hydrogen-bond acceptors (Lipinski definition) is 5. The number of ether oxygens (including phenoxy) is 2. The molecule has 0 bridgehead atoms. The highest BCUT2D eigenvalue weighted by Crippen LogP contribution is 2.30. The summed E-state index contributed by atoms with van der Waals surface area (Å²) in [7, 11) is 3.28. The van der Waals surface area contributed by atoms with Crippen LogP contribution in [0.15, 0.2) is 72.9 Å². The van der Waals surface area contributed by atoms with E-state index in [-0.39, 0.29) is 5.91 Å². The average molecular weight is 444 g/mol. The topological polar surface area (TPSA) is 64.9 Å². The van der Waals surface area contributed by atoms with E-state index in [4.69, 9.17) is 14.5 Å². The van der Waals surface area contributed by atoms with Gasteiger partial charge in [0.1, 0.15) is 11.5 Å². The minimum absolute atomic E-state index is 0.111. The second-order valence-electron chi connectivity index (χ2n) is 7.33. The fourth-order valence-corrected chi connectivity index (χ4v) is 4.66. The minimum atomic E-state index is -0.111. The normalized spacial score (nSPS) is 11.1. The van der Waals surface area contributed by atoms with Gasteiger partial charge in [0, 0.05) is 23.9 Å². The highest BCUT2D eigenvalue weighted by molar-refractivity contribution is 7.23. The van der Waals surface area contributed by atoms with Crippen molar-refractivity contribution < 1.29 is 14.3 Å². The molecule has 5 rings (SSSR count). The number of fused-ring (bicyclic) bond motifs is 3. The van der Waals surface area contributed by atoms with Crippen LogP contribution in [0.4, 0.5) is 0 Å². The van der Waals surface area contributed by atoms with Crippen molar-refractivity contribution in [1.82, 2.24) is 14.7 Å². The van der Waals surface area contributed by atoms with Crippen molar-refractivity contribution in [1.29, 1.82) is 0 Å². The van der Waals surface area contributed by atoms with E-state index in [1.807, 2.05) is 72.9 Å². The van der Waals surface area contributed by atoms with Gasteiger partial charge in [-0.05, 0) is 60.2 Å². The molecular formula is C25H21N3O3S. The SMILES string of the molecule is COc1ccc(-c2cn3c(n2)sc2cc(C(=O)NCc4cccc(OC)c4)ccc23)cc1. The van der Waals surface area contributed by atoms with Crippen LogP contribution >= 0.6 is 11.3 Å². The molecule has 0 aliphatic rings. The molecule has 1 amide bonds. The zero-order chi connectivity index (χ0) is 22.1. The lowest BCUT2D eigenvalue weighted by Gasteiger charge is -2.07. The Kier molecular flexibility index (Phi) is 5.25. The lowest BCUT2D eigenvalue weighted by molar-refractivity contribution is 0.0951. The highest BCUT2D eigenvalue weighted by atomic mass is 32.1. The molecule has 0 radical (unpaired) electrons. The molecule has 0 saturated carbocycles. The van der Waals surface area contributed by atoms with E-state index >= 15 is 0 Å². The van der Waals surface area contributed by atoms with Crippen molar-refractivity contribution >= 4 is 32.4 Å². The molecule has 0 aliphatic carbocycles. The number of aromatic nitrogens is 2. The molecule has 6 nitrogen and oxygen atoms in total. The Balaban J connectivity index is 1.37. The molecule has 160 valence electrons. The van der Waals surface area contributed by atoms with Crippen molar-refractivity contribution in [2.45, 2.75) is 6.54 Å². The van der Waals surface area contributed by atoms with Crippen molar-refractivity contribution in [3.8, 4) is 22.8 Å². The van der Waals surface area contributed by atoms with Crippen LogP contribution in [-0.2, 0) is 6.54 Å². The summed E-state index contributed by atoms with van der Waals surface area (Å²) in [6.45, 7) is 0.438. The minimum Gasteiger partial charge on any atom is -0.497 e. The predicted molar refractivity (Wildman–Crippen MR) is 127 cm³/mol. The molecule has 0 atom stereocenters. The highest BCUT2D eigenvalue weighted by Gasteiger charge is 2.13. The number of rotatable bonds is 6. The Bertz CT molecular complexity index is 1420. The molecule has 0 spiro atoms. The van der Waals surface area contributed by atoms with Gasteiger partial charge in [-0.15, -0.1) is 0 Å². The number of carbonyl (C=O) groups is 1. The zero-order valence-electron chi connectivity index (χ0n) is 17.7. The molecule has 5 aromatic rings. The van der Waals surface area contributed by atoms with Gasteiger partial charge in [-0.3, -0.25) is 9.20 Å². The van der Waals surface area contributed by atoms with Gasteiger partial charge in [-0.25, -0.2) is 4.98 Å². The van der Waals surface area contributed by atoms with Gasteiger partial charge in [-0.2, -0.15) is 0 Å². The summed E-state index contributed by atoms with van der Waals surface area (Å²) in [5, 5.41) is 2.98. The second kappa shape index (κ2) is 8.36. The Morgan fingerprint density at radius 3 is 2.59 bits per heavy atom. The van der Waals surface area contributed by atoms with Gasteiger partial charge in [0.15, 0.2) is 4.96 Å². The molecule has 7 heteroatoms. The number of hydrogen-bond donors (Lipinski definition) is 1. The standard InChI is InChI=1S/C25H21N3O3S/c1-30-19-9-6-17(7-10-19)21-15-28-22-11-8-18(13-23(22)32-25(28)27-21)24(29)26-14-16-4-3-5-20(12-16)31-2/h3-13,15H,14H2,1-2H3,(H,26,29). The summed E-state index contributed by atoms with van der Waals surface area (Å²) in [6.07, 6.45) is 2.03. The fourth-order valence-electron chi connectivity index (χ4n) is 3.61. The maximum Gasteiger partial charge on any atom is 0.251 e. The zero-order valence-corrected chi connectivity index (χ0v) is 18.5. The second-order valence-corrected chi connectivity index (χ2v) is 8.34. The van der Waals surface area contributed by atoms with Crippen LogP contribution in [0.25, 0.3) is 26.4 Å². The molecule has 2 heterocycles.